The van der Waals surface area contributed by atoms with E-state index in [0.717, 1.165) is 84.5 Å². The van der Waals surface area contributed by atoms with E-state index in [1.165, 1.54) is 154 Å². The van der Waals surface area contributed by atoms with Crippen molar-refractivity contribution in [1.29, 1.82) is 0 Å². The third-order valence-corrected chi connectivity index (χ3v) is 11.6. The average molecular weight is 767 g/mol. The van der Waals surface area contributed by atoms with Crippen LogP contribution in [0.2, 0.25) is 0 Å². The van der Waals surface area contributed by atoms with Crippen LogP contribution in [0.5, 0.6) is 0 Å². The Labute approximate surface area is 336 Å². The van der Waals surface area contributed by atoms with Crippen LogP contribution in [0.3, 0.4) is 0 Å². The molecule has 1 aliphatic rings. The quantitative estimate of drug-likeness (QED) is 0.0489. The molecule has 322 valence electrons. The zero-order valence-electron chi connectivity index (χ0n) is 36.6. The van der Waals surface area contributed by atoms with Crippen molar-refractivity contribution in [3.8, 4) is 0 Å². The van der Waals surface area contributed by atoms with Crippen LogP contribution in [-0.2, 0) is 19.0 Å². The highest BCUT2D eigenvalue weighted by Crippen LogP contribution is 2.24. The van der Waals surface area contributed by atoms with Crippen molar-refractivity contribution in [2.24, 2.45) is 0 Å². The van der Waals surface area contributed by atoms with Gasteiger partial charge in [0.1, 0.15) is 0 Å². The number of nitrogens with zero attached hydrogens (tertiary/aromatic N) is 2. The van der Waals surface area contributed by atoms with E-state index in [-0.39, 0.29) is 18.7 Å². The molecule has 1 saturated carbocycles. The topological polar surface area (TPSA) is 71.5 Å². The van der Waals surface area contributed by atoms with E-state index in [9.17, 15) is 9.90 Å². The molecule has 1 aliphatic carbocycles. The molecular formula is C47H94N2O5. The number of ether oxygens (including phenoxy) is 3. The molecule has 1 atom stereocenters. The van der Waals surface area contributed by atoms with Crippen LogP contribution in [0.4, 0.5) is 0 Å². The van der Waals surface area contributed by atoms with Crippen molar-refractivity contribution >= 4 is 5.97 Å². The van der Waals surface area contributed by atoms with E-state index in [1.807, 2.05) is 0 Å². The van der Waals surface area contributed by atoms with Crippen molar-refractivity contribution in [2.75, 3.05) is 65.8 Å². The molecule has 1 N–H and O–H groups in total. The first kappa shape index (κ1) is 51.3. The Morgan fingerprint density at radius 3 is 1.59 bits per heavy atom. The molecule has 0 radical (unpaired) electrons. The van der Waals surface area contributed by atoms with E-state index in [4.69, 9.17) is 14.2 Å². The van der Waals surface area contributed by atoms with E-state index >= 15 is 0 Å². The maximum absolute atomic E-state index is 12.4. The molecule has 0 aliphatic heterocycles. The number of hydrogen-bond acceptors (Lipinski definition) is 7. The summed E-state index contributed by atoms with van der Waals surface area (Å²) in [6.45, 7) is 14.5. The van der Waals surface area contributed by atoms with Gasteiger partial charge >= 0.3 is 5.97 Å². The van der Waals surface area contributed by atoms with E-state index in [2.05, 4.69) is 30.6 Å². The first-order chi connectivity index (χ1) is 26.6. The second-order valence-electron chi connectivity index (χ2n) is 16.7. The first-order valence-corrected chi connectivity index (χ1v) is 24.1. The summed E-state index contributed by atoms with van der Waals surface area (Å²) in [5, 5.41) is 9.79. The zero-order chi connectivity index (χ0) is 39.0. The minimum absolute atomic E-state index is 0.0299. The molecule has 1 fully saturated rings. The number of hydrogen-bond donors (Lipinski definition) is 1. The van der Waals surface area contributed by atoms with Gasteiger partial charge in [-0.05, 0) is 51.5 Å². The maximum atomic E-state index is 12.4. The van der Waals surface area contributed by atoms with Gasteiger partial charge in [-0.15, -0.1) is 0 Å². The van der Waals surface area contributed by atoms with Gasteiger partial charge in [-0.3, -0.25) is 14.6 Å². The average Bonchev–Trinajstić information content (AvgIpc) is 3.15. The molecule has 0 aromatic carbocycles. The summed E-state index contributed by atoms with van der Waals surface area (Å²) in [7, 11) is 0. The van der Waals surface area contributed by atoms with E-state index in [0.29, 0.717) is 25.7 Å². The van der Waals surface area contributed by atoms with Crippen LogP contribution in [0, 0.1) is 0 Å². The van der Waals surface area contributed by atoms with Crippen LogP contribution >= 0.6 is 0 Å². The normalized spacial score (nSPS) is 14.0. The molecular weight excluding hydrogens is 673 g/mol. The van der Waals surface area contributed by atoms with Crippen molar-refractivity contribution in [3.63, 3.8) is 0 Å². The maximum Gasteiger partial charge on any atom is 0.305 e. The lowest BCUT2D eigenvalue weighted by molar-refractivity contribution is -0.143. The molecule has 0 saturated heterocycles. The Morgan fingerprint density at radius 2 is 1.07 bits per heavy atom. The summed E-state index contributed by atoms with van der Waals surface area (Å²) >= 11 is 0. The first-order valence-electron chi connectivity index (χ1n) is 24.1. The monoisotopic (exact) mass is 767 g/mol. The van der Waals surface area contributed by atoms with Crippen LogP contribution in [0.15, 0.2) is 0 Å². The highest BCUT2D eigenvalue weighted by molar-refractivity contribution is 5.69. The minimum atomic E-state index is -0.0299. The number of aliphatic hydroxyl groups is 1. The fourth-order valence-corrected chi connectivity index (χ4v) is 7.68. The fourth-order valence-electron chi connectivity index (χ4n) is 7.68. The summed E-state index contributed by atoms with van der Waals surface area (Å²) < 4.78 is 18.4. The van der Waals surface area contributed by atoms with Crippen molar-refractivity contribution < 1.29 is 24.1 Å². The fraction of sp³-hybridized carbons (Fsp3) is 0.979. The number of unbranched alkanes of at least 4 members (excludes halogenated alkanes) is 23. The van der Waals surface area contributed by atoms with E-state index < -0.39 is 0 Å². The van der Waals surface area contributed by atoms with E-state index in [1.54, 1.807) is 0 Å². The number of aliphatic hydroxyl groups excluding tert-OH is 1. The van der Waals surface area contributed by atoms with Gasteiger partial charge in [0, 0.05) is 51.9 Å². The Hall–Kier alpha value is -0.730. The molecule has 1 rings (SSSR count). The van der Waals surface area contributed by atoms with Gasteiger partial charge in [-0.1, -0.05) is 168 Å². The number of carbonyl (C=O) groups excluding carboxylic acids is 1. The Kier molecular flexibility index (Phi) is 38.4. The predicted octanol–water partition coefficient (Wildman–Crippen LogP) is 12.1. The predicted molar refractivity (Wildman–Crippen MR) is 231 cm³/mol. The molecule has 0 aromatic heterocycles. The molecule has 7 heteroatoms. The highest BCUT2D eigenvalue weighted by atomic mass is 16.5. The van der Waals surface area contributed by atoms with Crippen molar-refractivity contribution in [2.45, 2.75) is 232 Å². The van der Waals surface area contributed by atoms with Gasteiger partial charge in [-0.2, -0.15) is 0 Å². The number of esters is 1. The van der Waals surface area contributed by atoms with Gasteiger partial charge in [0.05, 0.1) is 25.9 Å². The molecule has 0 bridgehead atoms. The summed E-state index contributed by atoms with van der Waals surface area (Å²) in [6, 6.07) is 0.625. The highest BCUT2D eigenvalue weighted by Gasteiger charge is 2.25. The molecule has 0 heterocycles. The molecule has 0 aromatic rings. The lowest BCUT2D eigenvalue weighted by Crippen LogP contribution is -2.47. The second kappa shape index (κ2) is 40.5. The van der Waals surface area contributed by atoms with Crippen molar-refractivity contribution in [3.05, 3.63) is 0 Å². The number of carbonyl (C=O) groups is 1. The molecule has 0 amide bonds. The molecule has 0 spiro atoms. The van der Waals surface area contributed by atoms with Gasteiger partial charge in [0.25, 0.3) is 0 Å². The second-order valence-corrected chi connectivity index (χ2v) is 16.7. The van der Waals surface area contributed by atoms with Gasteiger partial charge < -0.3 is 19.3 Å². The SMILES string of the molecule is CCCCCCCCCCCCOCC(CN(CCCCCC(=O)OCCCCCCCCCC)CCN(CCO)C1CCC1)OCCCCCCCC. The van der Waals surface area contributed by atoms with Crippen LogP contribution < -0.4 is 0 Å². The van der Waals surface area contributed by atoms with Crippen LogP contribution in [-0.4, -0.2) is 98.8 Å². The van der Waals surface area contributed by atoms with Gasteiger partial charge in [0.15, 0.2) is 0 Å². The summed E-state index contributed by atoms with van der Waals surface area (Å²) in [5.41, 5.74) is 0. The smallest absolute Gasteiger partial charge is 0.305 e. The zero-order valence-corrected chi connectivity index (χ0v) is 36.6. The van der Waals surface area contributed by atoms with Crippen molar-refractivity contribution in [1.82, 2.24) is 9.80 Å². The van der Waals surface area contributed by atoms with Gasteiger partial charge in [0.2, 0.25) is 0 Å². The summed E-state index contributed by atoms with van der Waals surface area (Å²) in [5.74, 6) is -0.0299. The largest absolute Gasteiger partial charge is 0.466 e. The number of rotatable bonds is 44. The van der Waals surface area contributed by atoms with Crippen LogP contribution in [0.1, 0.15) is 220 Å². The molecule has 1 unspecified atom stereocenters. The third-order valence-electron chi connectivity index (χ3n) is 11.6. The summed E-state index contributed by atoms with van der Waals surface area (Å²) in [4.78, 5) is 17.5. The third kappa shape index (κ3) is 32.4. The van der Waals surface area contributed by atoms with Gasteiger partial charge in [-0.25, -0.2) is 0 Å². The lowest BCUT2D eigenvalue weighted by Gasteiger charge is -2.38. The molecule has 54 heavy (non-hydrogen) atoms. The Morgan fingerprint density at radius 1 is 0.574 bits per heavy atom. The Balaban J connectivity index is 2.54. The Bertz CT molecular complexity index is 766. The standard InChI is InChI=1S/C47H94N2O5/c1-4-7-10-13-16-18-19-20-22-28-40-52-44-46(53-41-29-23-15-12-9-6-3)43-48(36-37-49(38-39-50)45-32-31-33-45)35-27-25-26-34-47(51)54-42-30-24-21-17-14-11-8-5-2/h45-46,50H,4-44H2,1-3H3. The van der Waals surface area contributed by atoms with Crippen LogP contribution in [0.25, 0.3) is 0 Å². The summed E-state index contributed by atoms with van der Waals surface area (Å²) in [6.07, 6.45) is 38.5. The lowest BCUT2D eigenvalue weighted by atomic mass is 9.91. The minimum Gasteiger partial charge on any atom is -0.466 e. The molecule has 7 nitrogen and oxygen atoms in total.